The standard InChI is InChI=1S/C16H8.C6H6OS/c1-2-9-4-7-13-11-6-5-10-8-14(11)12(3-1)15(9)16(10)13;7-6-4-2-1-3-5(6)8-6/h1-8H;1-5,7H. The van der Waals surface area contributed by atoms with E-state index in [1.165, 1.54) is 43.1 Å². The quantitative estimate of drug-likeness (QED) is 0.298. The summed E-state index contributed by atoms with van der Waals surface area (Å²) in [7, 11) is 0. The molecule has 0 saturated carbocycles. The second-order valence-electron chi connectivity index (χ2n) is 6.69. The van der Waals surface area contributed by atoms with Crippen molar-refractivity contribution in [2.24, 2.45) is 0 Å². The highest BCUT2D eigenvalue weighted by Gasteiger charge is 2.51. The second kappa shape index (κ2) is 4.21. The van der Waals surface area contributed by atoms with Crippen LogP contribution in [0.25, 0.3) is 43.1 Å². The molecule has 1 heterocycles. The largest absolute Gasteiger partial charge is 0.374 e. The Labute approximate surface area is 143 Å². The van der Waals surface area contributed by atoms with Gasteiger partial charge in [-0.1, -0.05) is 60.7 Å². The number of hydrogen-bond donors (Lipinski definition) is 1. The van der Waals surface area contributed by atoms with E-state index in [9.17, 15) is 5.11 Å². The molecule has 1 nitrogen and oxygen atoms in total. The summed E-state index contributed by atoms with van der Waals surface area (Å²) < 4.78 is 0. The molecule has 1 aliphatic heterocycles. The van der Waals surface area contributed by atoms with Crippen LogP contribution in [0.2, 0.25) is 0 Å². The topological polar surface area (TPSA) is 20.2 Å². The predicted octanol–water partition coefficient (Wildman–Crippen LogP) is 5.53. The minimum absolute atomic E-state index is 0.354. The van der Waals surface area contributed by atoms with Crippen LogP contribution < -0.4 is 0 Å². The van der Waals surface area contributed by atoms with Crippen molar-refractivity contribution in [2.45, 2.75) is 10.2 Å². The molecule has 2 unspecified atom stereocenters. The van der Waals surface area contributed by atoms with Crippen LogP contribution >= 0.6 is 11.8 Å². The van der Waals surface area contributed by atoms with Gasteiger partial charge in [-0.3, -0.25) is 0 Å². The number of rotatable bonds is 0. The Kier molecular flexibility index (Phi) is 2.29. The first-order valence-corrected chi connectivity index (χ1v) is 9.10. The van der Waals surface area contributed by atoms with Gasteiger partial charge in [-0.15, -0.1) is 11.8 Å². The Morgan fingerprint density at radius 2 is 1.58 bits per heavy atom. The van der Waals surface area contributed by atoms with Crippen molar-refractivity contribution in [3.05, 3.63) is 72.8 Å². The summed E-state index contributed by atoms with van der Waals surface area (Å²) in [5, 5.41) is 21.0. The summed E-state index contributed by atoms with van der Waals surface area (Å²) in [6.45, 7) is 0. The van der Waals surface area contributed by atoms with Crippen molar-refractivity contribution < 1.29 is 5.11 Å². The fourth-order valence-electron chi connectivity index (χ4n) is 4.12. The lowest BCUT2D eigenvalue weighted by Gasteiger charge is -2.18. The van der Waals surface area contributed by atoms with Gasteiger partial charge in [0.15, 0.2) is 0 Å². The van der Waals surface area contributed by atoms with Crippen LogP contribution in [0.15, 0.2) is 72.8 Å². The number of aliphatic hydroxyl groups is 1. The minimum Gasteiger partial charge on any atom is -0.374 e. The summed E-state index contributed by atoms with van der Waals surface area (Å²) in [5.41, 5.74) is 0. The summed E-state index contributed by atoms with van der Waals surface area (Å²) in [6, 6.07) is 18.0. The first-order valence-electron chi connectivity index (χ1n) is 8.22. The van der Waals surface area contributed by atoms with Gasteiger partial charge in [0.2, 0.25) is 0 Å². The van der Waals surface area contributed by atoms with Gasteiger partial charge < -0.3 is 5.11 Å². The third-order valence-electron chi connectivity index (χ3n) is 5.33. The van der Waals surface area contributed by atoms with E-state index in [-0.39, 0.29) is 0 Å². The van der Waals surface area contributed by atoms with E-state index in [4.69, 9.17) is 0 Å². The molecule has 0 amide bonds. The fraction of sp³-hybridized carbons (Fsp3) is 0.0909. The molecule has 7 aromatic carbocycles. The molecule has 2 heteroatoms. The third kappa shape index (κ3) is 1.55. The molecule has 1 fully saturated rings. The molecule has 7 aromatic rings. The first-order chi connectivity index (χ1) is 11.7. The third-order valence-corrected chi connectivity index (χ3v) is 6.62. The lowest BCUT2D eigenvalue weighted by Crippen LogP contribution is -2.08. The van der Waals surface area contributed by atoms with Crippen LogP contribution in [-0.4, -0.2) is 15.3 Å². The molecule has 114 valence electrons. The number of fused-ring (bicyclic) bond motifs is 2. The van der Waals surface area contributed by atoms with Gasteiger partial charge in [-0.2, -0.15) is 0 Å². The van der Waals surface area contributed by atoms with Crippen LogP contribution in [0.4, 0.5) is 0 Å². The lowest BCUT2D eigenvalue weighted by molar-refractivity contribution is 0.228. The lowest BCUT2D eigenvalue weighted by atomic mass is 9.85. The number of thioether (sulfide) groups is 1. The van der Waals surface area contributed by atoms with Crippen molar-refractivity contribution >= 4 is 54.9 Å². The van der Waals surface area contributed by atoms with Gasteiger partial charge in [0.05, 0.1) is 5.25 Å². The molecule has 2 aliphatic rings. The van der Waals surface area contributed by atoms with E-state index in [2.05, 4.69) is 48.5 Å². The minimum atomic E-state index is -0.505. The highest BCUT2D eigenvalue weighted by atomic mass is 32.2. The smallest absolute Gasteiger partial charge is 0.145 e. The van der Waals surface area contributed by atoms with E-state index in [0.717, 1.165) is 0 Å². The zero-order chi connectivity index (χ0) is 15.9. The summed E-state index contributed by atoms with van der Waals surface area (Å²) >= 11 is 1.58. The molecule has 0 spiro atoms. The molecule has 1 N–H and O–H groups in total. The Hall–Kier alpha value is -2.29. The SMILES string of the molecule is OC12C=CC=CC1S2.c1cc2ccc3c4ccc5cc4c(c1)c2c53. The van der Waals surface area contributed by atoms with Gasteiger partial charge >= 0.3 is 0 Å². The Morgan fingerprint density at radius 3 is 2.42 bits per heavy atom. The van der Waals surface area contributed by atoms with Gasteiger partial charge in [0.25, 0.3) is 0 Å². The monoisotopic (exact) mass is 326 g/mol. The molecular formula is C22H14OS. The zero-order valence-electron chi connectivity index (χ0n) is 12.9. The summed E-state index contributed by atoms with van der Waals surface area (Å²) in [6.07, 6.45) is 7.71. The van der Waals surface area contributed by atoms with E-state index >= 15 is 0 Å². The number of benzene rings is 7. The van der Waals surface area contributed by atoms with Crippen LogP contribution in [-0.2, 0) is 0 Å². The predicted molar refractivity (Wildman–Crippen MR) is 105 cm³/mol. The highest BCUT2D eigenvalue weighted by Crippen LogP contribution is 2.54. The van der Waals surface area contributed by atoms with Crippen molar-refractivity contribution in [1.29, 1.82) is 0 Å². The normalized spacial score (nSPS) is 25.0. The number of allylic oxidation sites excluding steroid dienone is 2. The molecule has 9 rings (SSSR count). The Balaban J connectivity index is 0.000000127. The zero-order valence-corrected chi connectivity index (χ0v) is 13.7. The van der Waals surface area contributed by atoms with Gasteiger partial charge in [0.1, 0.15) is 4.93 Å². The van der Waals surface area contributed by atoms with Crippen molar-refractivity contribution in [3.63, 3.8) is 0 Å². The summed E-state index contributed by atoms with van der Waals surface area (Å²) in [5.74, 6) is 0. The van der Waals surface area contributed by atoms with Gasteiger partial charge in [0, 0.05) is 0 Å². The first kappa shape index (κ1) is 13.1. The van der Waals surface area contributed by atoms with E-state index in [1.807, 2.05) is 24.3 Å². The Morgan fingerprint density at radius 1 is 0.792 bits per heavy atom. The number of hydrogen-bond acceptors (Lipinski definition) is 2. The van der Waals surface area contributed by atoms with Crippen LogP contribution in [0.5, 0.6) is 0 Å². The van der Waals surface area contributed by atoms with Crippen molar-refractivity contribution in [1.82, 2.24) is 0 Å². The molecule has 1 aliphatic carbocycles. The highest BCUT2D eigenvalue weighted by molar-refractivity contribution is 8.08. The molecule has 24 heavy (non-hydrogen) atoms. The molecule has 6 bridgehead atoms. The fourth-order valence-corrected chi connectivity index (χ4v) is 4.95. The molecule has 0 aromatic heterocycles. The van der Waals surface area contributed by atoms with Crippen molar-refractivity contribution in [2.75, 3.05) is 0 Å². The average molecular weight is 326 g/mol. The van der Waals surface area contributed by atoms with E-state index < -0.39 is 4.93 Å². The van der Waals surface area contributed by atoms with Gasteiger partial charge in [-0.05, 0) is 55.2 Å². The van der Waals surface area contributed by atoms with Crippen molar-refractivity contribution in [3.8, 4) is 0 Å². The van der Waals surface area contributed by atoms with E-state index in [0.29, 0.717) is 5.25 Å². The molecule has 1 saturated heterocycles. The van der Waals surface area contributed by atoms with Gasteiger partial charge in [-0.25, -0.2) is 0 Å². The maximum Gasteiger partial charge on any atom is 0.145 e. The van der Waals surface area contributed by atoms with Crippen LogP contribution in [0.1, 0.15) is 0 Å². The molecular weight excluding hydrogens is 312 g/mol. The summed E-state index contributed by atoms with van der Waals surface area (Å²) in [4.78, 5) is -0.505. The molecule has 2 atom stereocenters. The maximum atomic E-state index is 9.27. The maximum absolute atomic E-state index is 9.27. The second-order valence-corrected chi connectivity index (χ2v) is 8.08. The average Bonchev–Trinajstić information content (AvgIpc) is 3.33. The van der Waals surface area contributed by atoms with Crippen LogP contribution in [0.3, 0.4) is 0 Å². The van der Waals surface area contributed by atoms with E-state index in [1.54, 1.807) is 11.8 Å². The molecule has 0 radical (unpaired) electrons. The Bertz CT molecular complexity index is 1240. The van der Waals surface area contributed by atoms with Crippen LogP contribution in [0, 0.1) is 0 Å².